The number of anilines is 1. The van der Waals surface area contributed by atoms with Crippen molar-refractivity contribution in [3.05, 3.63) is 70.5 Å². The van der Waals surface area contributed by atoms with Crippen LogP contribution in [-0.2, 0) is 6.54 Å². The zero-order chi connectivity index (χ0) is 22.0. The van der Waals surface area contributed by atoms with E-state index in [2.05, 4.69) is 49.0 Å². The second kappa shape index (κ2) is 9.20. The molecule has 31 heavy (non-hydrogen) atoms. The Morgan fingerprint density at radius 3 is 2.39 bits per heavy atom. The summed E-state index contributed by atoms with van der Waals surface area (Å²) in [6, 6.07) is 16.0. The molecule has 6 nitrogen and oxygen atoms in total. The summed E-state index contributed by atoms with van der Waals surface area (Å²) in [5.41, 5.74) is 3.09. The Bertz CT molecular complexity index is 1080. The molecule has 0 aliphatic carbocycles. The molecule has 0 radical (unpaired) electrons. The lowest BCUT2D eigenvalue weighted by molar-refractivity contribution is 0.288. The van der Waals surface area contributed by atoms with E-state index < -0.39 is 0 Å². The van der Waals surface area contributed by atoms with Gasteiger partial charge in [0.15, 0.2) is 16.6 Å². The third kappa shape index (κ3) is 4.22. The fourth-order valence-electron chi connectivity index (χ4n) is 3.97. The van der Waals surface area contributed by atoms with Gasteiger partial charge in [0.2, 0.25) is 5.75 Å². The topological polar surface area (TPSA) is 47.9 Å². The lowest BCUT2D eigenvalue weighted by Gasteiger charge is -2.39. The third-order valence-electron chi connectivity index (χ3n) is 5.38. The highest BCUT2D eigenvalue weighted by molar-refractivity contribution is 9.10. The van der Waals surface area contributed by atoms with Crippen molar-refractivity contribution in [2.75, 3.05) is 33.2 Å². The van der Waals surface area contributed by atoms with Crippen molar-refractivity contribution < 1.29 is 14.2 Å². The van der Waals surface area contributed by atoms with Gasteiger partial charge in [-0.3, -0.25) is 0 Å². The highest BCUT2D eigenvalue weighted by Gasteiger charge is 2.32. The van der Waals surface area contributed by atoms with Crippen molar-refractivity contribution >= 4 is 38.9 Å². The van der Waals surface area contributed by atoms with Crippen molar-refractivity contribution in [2.24, 2.45) is 0 Å². The number of rotatable bonds is 5. The number of aromatic nitrogens is 1. The van der Waals surface area contributed by atoms with Gasteiger partial charge in [-0.2, -0.15) is 0 Å². The van der Waals surface area contributed by atoms with E-state index in [-0.39, 0.29) is 6.04 Å². The van der Waals surface area contributed by atoms with Gasteiger partial charge in [0, 0.05) is 35.1 Å². The second-order valence-electron chi connectivity index (χ2n) is 7.12. The number of hydrogen-bond acceptors (Lipinski definition) is 4. The first-order valence-corrected chi connectivity index (χ1v) is 11.0. The Kier molecular flexibility index (Phi) is 6.38. The number of ether oxygens (including phenoxy) is 3. The van der Waals surface area contributed by atoms with Crippen LogP contribution in [0, 0.1) is 0 Å². The number of nitrogens with zero attached hydrogens (tertiary/aromatic N) is 2. The van der Waals surface area contributed by atoms with E-state index in [4.69, 9.17) is 26.4 Å². The van der Waals surface area contributed by atoms with Crippen molar-refractivity contribution in [1.29, 1.82) is 0 Å². The van der Waals surface area contributed by atoms with Crippen LogP contribution >= 0.6 is 28.1 Å². The molecule has 1 N–H and O–H groups in total. The number of fused-ring (bicyclic) bond motifs is 1. The normalized spacial score (nSPS) is 15.2. The summed E-state index contributed by atoms with van der Waals surface area (Å²) in [6.45, 7) is 1.62. The van der Waals surface area contributed by atoms with E-state index >= 15 is 0 Å². The van der Waals surface area contributed by atoms with Crippen LogP contribution in [0.3, 0.4) is 0 Å². The molecule has 8 heteroatoms. The van der Waals surface area contributed by atoms with Crippen LogP contribution in [0.2, 0.25) is 0 Å². The molecule has 0 unspecified atom stereocenters. The lowest BCUT2D eigenvalue weighted by atomic mass is 9.99. The molecule has 0 fully saturated rings. The molecule has 0 saturated carbocycles. The summed E-state index contributed by atoms with van der Waals surface area (Å²) in [6.07, 6.45) is 2.10. The summed E-state index contributed by atoms with van der Waals surface area (Å²) in [5.74, 6) is 1.80. The highest BCUT2D eigenvalue weighted by atomic mass is 79.9. The quantitative estimate of drug-likeness (QED) is 0.492. The van der Waals surface area contributed by atoms with Crippen LogP contribution in [0.25, 0.3) is 0 Å². The van der Waals surface area contributed by atoms with Crippen LogP contribution in [0.1, 0.15) is 17.3 Å². The van der Waals surface area contributed by atoms with Crippen LogP contribution in [0.4, 0.5) is 5.69 Å². The van der Waals surface area contributed by atoms with Gasteiger partial charge in [0.1, 0.15) is 0 Å². The van der Waals surface area contributed by atoms with Crippen molar-refractivity contribution in [1.82, 2.24) is 9.47 Å². The molecule has 1 atom stereocenters. The maximum absolute atomic E-state index is 5.85. The first-order valence-electron chi connectivity index (χ1n) is 9.84. The molecule has 0 bridgehead atoms. The smallest absolute Gasteiger partial charge is 0.203 e. The number of hydrogen-bond donors (Lipinski definition) is 1. The summed E-state index contributed by atoms with van der Waals surface area (Å²) in [7, 11) is 4.86. The molecule has 1 aliphatic heterocycles. The van der Waals surface area contributed by atoms with E-state index in [1.165, 1.54) is 0 Å². The predicted molar refractivity (Wildman–Crippen MR) is 129 cm³/mol. The molecular formula is C23H24BrN3O3S. The number of benzene rings is 2. The number of thiocarbonyl (C=S) groups is 1. The van der Waals surface area contributed by atoms with Crippen molar-refractivity contribution in [3.63, 3.8) is 0 Å². The molecule has 0 spiro atoms. The van der Waals surface area contributed by atoms with Gasteiger partial charge < -0.3 is 29.0 Å². The molecule has 0 amide bonds. The molecule has 1 aliphatic rings. The van der Waals surface area contributed by atoms with Gasteiger partial charge in [-0.15, -0.1) is 0 Å². The first-order chi connectivity index (χ1) is 15.0. The summed E-state index contributed by atoms with van der Waals surface area (Å²) in [4.78, 5) is 2.20. The zero-order valence-electron chi connectivity index (χ0n) is 17.6. The number of nitrogens with one attached hydrogen (secondary N) is 1. The van der Waals surface area contributed by atoms with E-state index in [9.17, 15) is 0 Å². The fraction of sp³-hybridized carbons (Fsp3) is 0.261. The SMILES string of the molecule is COc1cc([C@@H]2c3cccn3CCN2C(=S)Nc2cccc(Br)c2)cc(OC)c1OC. The van der Waals surface area contributed by atoms with E-state index in [1.54, 1.807) is 21.3 Å². The molecule has 2 heterocycles. The van der Waals surface area contributed by atoms with Gasteiger partial charge in [0.25, 0.3) is 0 Å². The zero-order valence-corrected chi connectivity index (χ0v) is 20.0. The Labute approximate surface area is 195 Å². The first kappa shape index (κ1) is 21.5. The van der Waals surface area contributed by atoms with Crippen LogP contribution in [0.5, 0.6) is 17.2 Å². The lowest BCUT2D eigenvalue weighted by Crippen LogP contribution is -2.44. The molecule has 4 rings (SSSR count). The number of methoxy groups -OCH3 is 3. The Morgan fingerprint density at radius 1 is 1.00 bits per heavy atom. The molecule has 3 aromatic rings. The third-order valence-corrected chi connectivity index (χ3v) is 6.21. The van der Waals surface area contributed by atoms with Crippen molar-refractivity contribution in [3.8, 4) is 17.2 Å². The summed E-state index contributed by atoms with van der Waals surface area (Å²) >= 11 is 9.37. The molecule has 0 saturated heterocycles. The summed E-state index contributed by atoms with van der Waals surface area (Å²) < 4.78 is 20.0. The highest BCUT2D eigenvalue weighted by Crippen LogP contribution is 2.43. The van der Waals surface area contributed by atoms with E-state index in [0.717, 1.165) is 34.5 Å². The Hall–Kier alpha value is -2.71. The van der Waals surface area contributed by atoms with Gasteiger partial charge in [-0.05, 0) is 60.2 Å². The molecule has 162 valence electrons. The molecule has 1 aromatic heterocycles. The largest absolute Gasteiger partial charge is 0.493 e. The number of halogens is 1. The summed E-state index contributed by atoms with van der Waals surface area (Å²) in [5, 5.41) is 4.04. The minimum absolute atomic E-state index is 0.107. The van der Waals surface area contributed by atoms with Crippen LogP contribution in [0.15, 0.2) is 59.2 Å². The monoisotopic (exact) mass is 501 g/mol. The van der Waals surface area contributed by atoms with Crippen molar-refractivity contribution in [2.45, 2.75) is 12.6 Å². The van der Waals surface area contributed by atoms with Gasteiger partial charge in [-0.1, -0.05) is 22.0 Å². The van der Waals surface area contributed by atoms with E-state index in [0.29, 0.717) is 22.4 Å². The molecular weight excluding hydrogens is 478 g/mol. The maximum atomic E-state index is 5.85. The average molecular weight is 502 g/mol. The van der Waals surface area contributed by atoms with Crippen LogP contribution < -0.4 is 19.5 Å². The Morgan fingerprint density at radius 2 is 1.74 bits per heavy atom. The predicted octanol–water partition coefficient (Wildman–Crippen LogP) is 5.08. The van der Waals surface area contributed by atoms with Gasteiger partial charge in [0.05, 0.1) is 27.4 Å². The fourth-order valence-corrected chi connectivity index (χ4v) is 4.69. The average Bonchev–Trinajstić information content (AvgIpc) is 3.26. The molecule has 2 aromatic carbocycles. The van der Waals surface area contributed by atoms with Gasteiger partial charge >= 0.3 is 0 Å². The second-order valence-corrected chi connectivity index (χ2v) is 8.42. The van der Waals surface area contributed by atoms with Gasteiger partial charge in [-0.25, -0.2) is 0 Å². The Balaban J connectivity index is 1.76. The van der Waals surface area contributed by atoms with E-state index in [1.807, 2.05) is 36.4 Å². The van der Waals surface area contributed by atoms with Crippen LogP contribution in [-0.4, -0.2) is 42.5 Å². The minimum atomic E-state index is -0.107. The standard InChI is InChI=1S/C23H24BrN3O3S/c1-28-19-12-15(13-20(29-2)22(19)30-3)21-18-8-5-9-26(18)10-11-27(21)23(31)25-17-7-4-6-16(24)14-17/h4-9,12-14,21H,10-11H2,1-3H3,(H,25,31)/t21-/m1/s1. The minimum Gasteiger partial charge on any atom is -0.493 e. The maximum Gasteiger partial charge on any atom is 0.203 e.